The van der Waals surface area contributed by atoms with Crippen LogP contribution in [-0.2, 0) is 12.4 Å². The van der Waals surface area contributed by atoms with Crippen LogP contribution >= 0.6 is 23.8 Å². The molecule has 12 heteroatoms. The highest BCUT2D eigenvalue weighted by atomic mass is 35.5. The number of nitrogens with zero attached hydrogens (tertiary/aromatic N) is 1. The highest BCUT2D eigenvalue weighted by Gasteiger charge is 2.37. The SMILES string of the molecule is FC(F)(F)c1cc(NNC(=S)Nc2cccc(Cl)c2)c2cccc(C(F)(F)F)c2n1. The number of rotatable bonds is 3. The van der Waals surface area contributed by atoms with Gasteiger partial charge in [0, 0.05) is 16.1 Å². The molecular formula is C18H11ClF6N4S. The van der Waals surface area contributed by atoms with E-state index in [-0.39, 0.29) is 16.2 Å². The van der Waals surface area contributed by atoms with Crippen molar-refractivity contribution < 1.29 is 26.3 Å². The number of aromatic nitrogens is 1. The summed E-state index contributed by atoms with van der Waals surface area (Å²) in [7, 11) is 0. The Morgan fingerprint density at radius 3 is 2.27 bits per heavy atom. The van der Waals surface area contributed by atoms with Gasteiger partial charge in [-0.1, -0.05) is 29.8 Å². The Morgan fingerprint density at radius 2 is 1.63 bits per heavy atom. The predicted octanol–water partition coefficient (Wildman–Crippen LogP) is 6.24. The zero-order valence-electron chi connectivity index (χ0n) is 14.6. The summed E-state index contributed by atoms with van der Waals surface area (Å²) in [6.07, 6.45) is -9.84. The topological polar surface area (TPSA) is 49.0 Å². The normalized spacial score (nSPS) is 12.0. The molecule has 3 aromatic rings. The Bertz CT molecular complexity index is 1100. The van der Waals surface area contributed by atoms with Gasteiger partial charge in [-0.05, 0) is 42.5 Å². The maximum Gasteiger partial charge on any atom is 0.433 e. The fraction of sp³-hybridized carbons (Fsp3) is 0.111. The summed E-state index contributed by atoms with van der Waals surface area (Å²) in [5.74, 6) is 0. The smallest absolute Gasteiger partial charge is 0.331 e. The number of halogens is 7. The van der Waals surface area contributed by atoms with Gasteiger partial charge in [0.1, 0.15) is 5.69 Å². The zero-order chi connectivity index (χ0) is 22.1. The third kappa shape index (κ3) is 5.03. The van der Waals surface area contributed by atoms with Crippen molar-refractivity contribution in [2.75, 3.05) is 10.7 Å². The summed E-state index contributed by atoms with van der Waals surface area (Å²) < 4.78 is 79.4. The lowest BCUT2D eigenvalue weighted by atomic mass is 10.1. The third-order valence-corrected chi connectivity index (χ3v) is 4.27. The molecule has 0 radical (unpaired) electrons. The molecule has 158 valence electrons. The van der Waals surface area contributed by atoms with E-state index in [4.69, 9.17) is 23.8 Å². The Kier molecular flexibility index (Phi) is 5.95. The van der Waals surface area contributed by atoms with E-state index in [9.17, 15) is 26.3 Å². The van der Waals surface area contributed by atoms with Gasteiger partial charge < -0.3 is 5.32 Å². The summed E-state index contributed by atoms with van der Waals surface area (Å²) in [6.45, 7) is 0. The van der Waals surface area contributed by atoms with E-state index >= 15 is 0 Å². The quantitative estimate of drug-likeness (QED) is 0.243. The molecule has 0 saturated carbocycles. The maximum absolute atomic E-state index is 13.3. The van der Waals surface area contributed by atoms with E-state index in [0.29, 0.717) is 22.8 Å². The van der Waals surface area contributed by atoms with Crippen LogP contribution in [0.1, 0.15) is 11.3 Å². The van der Waals surface area contributed by atoms with Gasteiger partial charge in [0.05, 0.1) is 16.8 Å². The summed E-state index contributed by atoms with van der Waals surface area (Å²) in [5.41, 5.74) is 1.48. The number of hydrogen-bond donors (Lipinski definition) is 3. The number of fused-ring (bicyclic) bond motifs is 1. The Morgan fingerprint density at radius 1 is 0.933 bits per heavy atom. The molecule has 1 heterocycles. The van der Waals surface area contributed by atoms with Crippen molar-refractivity contribution in [2.24, 2.45) is 0 Å². The minimum atomic E-state index is -4.96. The molecule has 3 N–H and O–H groups in total. The minimum absolute atomic E-state index is 0.0530. The van der Waals surface area contributed by atoms with Crippen molar-refractivity contribution in [3.8, 4) is 0 Å². The van der Waals surface area contributed by atoms with Crippen molar-refractivity contribution in [3.63, 3.8) is 0 Å². The molecule has 0 unspecified atom stereocenters. The second kappa shape index (κ2) is 8.15. The van der Waals surface area contributed by atoms with Crippen LogP contribution in [0, 0.1) is 0 Å². The molecule has 1 aromatic heterocycles. The molecular weight excluding hydrogens is 454 g/mol. The molecule has 0 aliphatic carbocycles. The first kappa shape index (κ1) is 21.9. The van der Waals surface area contributed by atoms with Crippen LogP contribution in [0.4, 0.5) is 37.7 Å². The van der Waals surface area contributed by atoms with E-state index in [1.54, 1.807) is 24.3 Å². The summed E-state index contributed by atoms with van der Waals surface area (Å²) in [4.78, 5) is 3.20. The van der Waals surface area contributed by atoms with Gasteiger partial charge >= 0.3 is 12.4 Å². The van der Waals surface area contributed by atoms with Crippen molar-refractivity contribution >= 4 is 51.2 Å². The zero-order valence-corrected chi connectivity index (χ0v) is 16.2. The van der Waals surface area contributed by atoms with E-state index < -0.39 is 29.1 Å². The average molecular weight is 465 g/mol. The summed E-state index contributed by atoms with van der Waals surface area (Å²) in [5, 5.41) is 2.94. The van der Waals surface area contributed by atoms with Crippen LogP contribution in [-0.4, -0.2) is 10.1 Å². The summed E-state index contributed by atoms with van der Waals surface area (Å²) in [6, 6.07) is 10.0. The molecule has 30 heavy (non-hydrogen) atoms. The molecule has 0 atom stereocenters. The van der Waals surface area contributed by atoms with E-state index in [0.717, 1.165) is 6.07 Å². The molecule has 0 fully saturated rings. The van der Waals surface area contributed by atoms with Gasteiger partial charge in [-0.3, -0.25) is 10.9 Å². The second-order valence-electron chi connectivity index (χ2n) is 5.97. The van der Waals surface area contributed by atoms with E-state index in [1.165, 1.54) is 6.07 Å². The number of alkyl halides is 6. The maximum atomic E-state index is 13.3. The lowest BCUT2D eigenvalue weighted by Crippen LogP contribution is -2.33. The molecule has 0 amide bonds. The number of benzene rings is 2. The lowest BCUT2D eigenvalue weighted by molar-refractivity contribution is -0.142. The van der Waals surface area contributed by atoms with Crippen molar-refractivity contribution in [1.82, 2.24) is 10.4 Å². The Hall–Kier alpha value is -2.79. The van der Waals surface area contributed by atoms with Crippen LogP contribution in [0.5, 0.6) is 0 Å². The van der Waals surface area contributed by atoms with E-state index in [1.807, 2.05) is 0 Å². The first-order valence-corrected chi connectivity index (χ1v) is 8.90. The molecule has 4 nitrogen and oxygen atoms in total. The number of hydrazine groups is 1. The first-order chi connectivity index (χ1) is 13.9. The van der Waals surface area contributed by atoms with Crippen LogP contribution in [0.2, 0.25) is 5.02 Å². The fourth-order valence-corrected chi connectivity index (χ4v) is 2.94. The fourth-order valence-electron chi connectivity index (χ4n) is 2.58. The van der Waals surface area contributed by atoms with E-state index in [2.05, 4.69) is 21.2 Å². The Balaban J connectivity index is 1.95. The minimum Gasteiger partial charge on any atom is -0.331 e. The molecule has 0 aliphatic heterocycles. The van der Waals surface area contributed by atoms with Gasteiger partial charge in [0.15, 0.2) is 5.11 Å². The molecule has 2 aromatic carbocycles. The molecule has 3 rings (SSSR count). The number of thiocarbonyl (C=S) groups is 1. The number of para-hydroxylation sites is 1. The lowest BCUT2D eigenvalue weighted by Gasteiger charge is -2.18. The highest BCUT2D eigenvalue weighted by molar-refractivity contribution is 7.80. The van der Waals surface area contributed by atoms with Crippen molar-refractivity contribution in [1.29, 1.82) is 0 Å². The van der Waals surface area contributed by atoms with Crippen LogP contribution in [0.15, 0.2) is 48.5 Å². The predicted molar refractivity (Wildman–Crippen MR) is 106 cm³/mol. The molecule has 0 spiro atoms. The summed E-state index contributed by atoms with van der Waals surface area (Å²) >= 11 is 10.9. The van der Waals surface area contributed by atoms with Crippen LogP contribution in [0.25, 0.3) is 10.9 Å². The van der Waals surface area contributed by atoms with Gasteiger partial charge in [0.2, 0.25) is 0 Å². The van der Waals surface area contributed by atoms with Gasteiger partial charge in [-0.15, -0.1) is 0 Å². The molecule has 0 saturated heterocycles. The number of nitrogens with one attached hydrogen (secondary N) is 3. The number of pyridine rings is 1. The average Bonchev–Trinajstić information content (AvgIpc) is 2.64. The third-order valence-electron chi connectivity index (χ3n) is 3.83. The first-order valence-electron chi connectivity index (χ1n) is 8.12. The van der Waals surface area contributed by atoms with Gasteiger partial charge in [0.25, 0.3) is 0 Å². The van der Waals surface area contributed by atoms with Gasteiger partial charge in [-0.25, -0.2) is 4.98 Å². The van der Waals surface area contributed by atoms with Crippen LogP contribution < -0.4 is 16.2 Å². The van der Waals surface area contributed by atoms with Gasteiger partial charge in [-0.2, -0.15) is 26.3 Å². The monoisotopic (exact) mass is 464 g/mol. The van der Waals surface area contributed by atoms with Crippen LogP contribution in [0.3, 0.4) is 0 Å². The Labute approximate surface area is 176 Å². The largest absolute Gasteiger partial charge is 0.433 e. The second-order valence-corrected chi connectivity index (χ2v) is 6.81. The molecule has 0 bridgehead atoms. The molecule has 0 aliphatic rings. The van der Waals surface area contributed by atoms with Crippen molar-refractivity contribution in [2.45, 2.75) is 12.4 Å². The number of anilines is 2. The number of hydrogen-bond acceptors (Lipinski definition) is 3. The van der Waals surface area contributed by atoms with Crippen molar-refractivity contribution in [3.05, 3.63) is 64.8 Å². The highest BCUT2D eigenvalue weighted by Crippen LogP contribution is 2.38. The standard InChI is InChI=1S/C18H11ClF6N4S/c19-9-3-1-4-10(7-9)26-16(30)29-28-13-8-14(18(23,24)25)27-15-11(13)5-2-6-12(15)17(20,21)22/h1-8H,(H,27,28)(H2,26,29,30).